The highest BCUT2D eigenvalue weighted by Gasteiger charge is 2.25. The Labute approximate surface area is 79.2 Å². The van der Waals surface area contributed by atoms with Gasteiger partial charge in [0.25, 0.3) is 0 Å². The van der Waals surface area contributed by atoms with E-state index in [0.717, 1.165) is 12.8 Å². The van der Waals surface area contributed by atoms with Gasteiger partial charge in [-0.25, -0.2) is 0 Å². The topological polar surface area (TPSA) is 38.3 Å². The van der Waals surface area contributed by atoms with Gasteiger partial charge in [0.15, 0.2) is 0 Å². The number of amides is 1. The largest absolute Gasteiger partial charge is 0.379 e. The van der Waals surface area contributed by atoms with Gasteiger partial charge in [0.2, 0.25) is 5.91 Å². The molecule has 1 fully saturated rings. The van der Waals surface area contributed by atoms with Crippen molar-refractivity contribution in [1.29, 1.82) is 0 Å². The van der Waals surface area contributed by atoms with Crippen LogP contribution in [0.25, 0.3) is 0 Å². The van der Waals surface area contributed by atoms with Gasteiger partial charge < -0.3 is 10.1 Å². The molecule has 1 aliphatic rings. The first-order valence-electron chi connectivity index (χ1n) is 4.73. The maximum Gasteiger partial charge on any atom is 0.243 e. The number of methoxy groups -OCH3 is 1. The molecule has 0 bridgehead atoms. The van der Waals surface area contributed by atoms with Crippen LogP contribution < -0.4 is 5.32 Å². The molecule has 1 rings (SSSR count). The molecule has 0 aromatic carbocycles. The summed E-state index contributed by atoms with van der Waals surface area (Å²) in [5.41, 5.74) is 0. The Morgan fingerprint density at radius 1 is 1.54 bits per heavy atom. The minimum Gasteiger partial charge on any atom is -0.379 e. The van der Waals surface area contributed by atoms with Gasteiger partial charge in [-0.15, -0.1) is 0 Å². The summed E-state index contributed by atoms with van der Waals surface area (Å²) in [6.07, 6.45) is 5.90. The SMILES string of the molecule is C=CC(=O)N[C@H]1CCCC[C@@H]1OC. The van der Waals surface area contributed by atoms with Crippen LogP contribution in [-0.2, 0) is 9.53 Å². The zero-order chi connectivity index (χ0) is 9.68. The van der Waals surface area contributed by atoms with E-state index in [0.29, 0.717) is 0 Å². The molecule has 0 unspecified atom stereocenters. The van der Waals surface area contributed by atoms with Crippen molar-refractivity contribution >= 4 is 5.91 Å². The predicted octanol–water partition coefficient (Wildman–Crippen LogP) is 1.25. The lowest BCUT2D eigenvalue weighted by Gasteiger charge is -2.30. The molecule has 1 aliphatic carbocycles. The summed E-state index contributed by atoms with van der Waals surface area (Å²) in [5, 5.41) is 2.89. The lowest BCUT2D eigenvalue weighted by atomic mass is 9.92. The van der Waals surface area contributed by atoms with Gasteiger partial charge in [0, 0.05) is 7.11 Å². The first kappa shape index (κ1) is 10.3. The minimum atomic E-state index is -0.103. The van der Waals surface area contributed by atoms with E-state index in [4.69, 9.17) is 4.74 Å². The molecule has 0 spiro atoms. The highest BCUT2D eigenvalue weighted by molar-refractivity contribution is 5.87. The number of hydrogen-bond donors (Lipinski definition) is 1. The molecular weight excluding hydrogens is 166 g/mol. The van der Waals surface area contributed by atoms with Crippen LogP contribution in [0.2, 0.25) is 0 Å². The Hall–Kier alpha value is -0.830. The van der Waals surface area contributed by atoms with Gasteiger partial charge in [-0.1, -0.05) is 19.4 Å². The summed E-state index contributed by atoms with van der Waals surface area (Å²) in [4.78, 5) is 11.1. The average Bonchev–Trinajstić information content (AvgIpc) is 2.18. The van der Waals surface area contributed by atoms with E-state index in [1.165, 1.54) is 18.9 Å². The second kappa shape index (κ2) is 5.02. The Morgan fingerprint density at radius 2 is 2.23 bits per heavy atom. The number of ether oxygens (including phenoxy) is 1. The second-order valence-corrected chi connectivity index (χ2v) is 3.38. The van der Waals surface area contributed by atoms with Crippen LogP contribution in [0.15, 0.2) is 12.7 Å². The van der Waals surface area contributed by atoms with E-state index in [1.807, 2.05) is 0 Å². The van der Waals surface area contributed by atoms with Gasteiger partial charge in [-0.2, -0.15) is 0 Å². The highest BCUT2D eigenvalue weighted by Crippen LogP contribution is 2.20. The molecule has 0 radical (unpaired) electrons. The third-order valence-corrected chi connectivity index (χ3v) is 2.52. The Morgan fingerprint density at radius 3 is 2.85 bits per heavy atom. The lowest BCUT2D eigenvalue weighted by Crippen LogP contribution is -2.45. The highest BCUT2D eigenvalue weighted by atomic mass is 16.5. The molecule has 1 saturated carbocycles. The maximum atomic E-state index is 11.1. The van der Waals surface area contributed by atoms with Crippen molar-refractivity contribution in [2.75, 3.05) is 7.11 Å². The molecule has 0 aromatic rings. The van der Waals surface area contributed by atoms with Crippen molar-refractivity contribution < 1.29 is 9.53 Å². The van der Waals surface area contributed by atoms with Gasteiger partial charge in [-0.05, 0) is 18.9 Å². The van der Waals surface area contributed by atoms with E-state index >= 15 is 0 Å². The van der Waals surface area contributed by atoms with Crippen molar-refractivity contribution in [3.63, 3.8) is 0 Å². The average molecular weight is 183 g/mol. The summed E-state index contributed by atoms with van der Waals surface area (Å²) < 4.78 is 5.30. The molecule has 0 saturated heterocycles. The molecule has 1 N–H and O–H groups in total. The Balaban J connectivity index is 2.44. The molecule has 3 heteroatoms. The smallest absolute Gasteiger partial charge is 0.243 e. The monoisotopic (exact) mass is 183 g/mol. The van der Waals surface area contributed by atoms with Crippen molar-refractivity contribution in [3.8, 4) is 0 Å². The fourth-order valence-corrected chi connectivity index (χ4v) is 1.79. The van der Waals surface area contributed by atoms with E-state index < -0.39 is 0 Å². The summed E-state index contributed by atoms with van der Waals surface area (Å²) in [6.45, 7) is 3.42. The minimum absolute atomic E-state index is 0.103. The summed E-state index contributed by atoms with van der Waals surface area (Å²) in [6, 6.07) is 0.171. The van der Waals surface area contributed by atoms with Crippen LogP contribution in [-0.4, -0.2) is 25.2 Å². The van der Waals surface area contributed by atoms with E-state index in [9.17, 15) is 4.79 Å². The first-order chi connectivity index (χ1) is 6.27. The van der Waals surface area contributed by atoms with Crippen LogP contribution in [0, 0.1) is 0 Å². The molecule has 0 heterocycles. The van der Waals surface area contributed by atoms with Crippen molar-refractivity contribution in [2.24, 2.45) is 0 Å². The lowest BCUT2D eigenvalue weighted by molar-refractivity contribution is -0.118. The standard InChI is InChI=1S/C10H17NO2/c1-3-10(12)11-8-6-4-5-7-9(8)13-2/h3,8-9H,1,4-7H2,2H3,(H,11,12)/t8-,9-/m0/s1. The summed E-state index contributed by atoms with van der Waals surface area (Å²) in [5.74, 6) is -0.103. The van der Waals surface area contributed by atoms with E-state index in [-0.39, 0.29) is 18.1 Å². The van der Waals surface area contributed by atoms with Gasteiger partial charge in [0.05, 0.1) is 12.1 Å². The van der Waals surface area contributed by atoms with E-state index in [2.05, 4.69) is 11.9 Å². The quantitative estimate of drug-likeness (QED) is 0.669. The van der Waals surface area contributed by atoms with Crippen LogP contribution in [0.1, 0.15) is 25.7 Å². The number of rotatable bonds is 3. The Kier molecular flexibility index (Phi) is 3.96. The summed E-state index contributed by atoms with van der Waals surface area (Å²) >= 11 is 0. The number of carbonyl (C=O) groups is 1. The maximum absolute atomic E-state index is 11.1. The molecule has 74 valence electrons. The number of carbonyl (C=O) groups excluding carboxylic acids is 1. The zero-order valence-corrected chi connectivity index (χ0v) is 8.08. The first-order valence-corrected chi connectivity index (χ1v) is 4.73. The normalized spacial score (nSPS) is 28.1. The molecule has 1 amide bonds. The van der Waals surface area contributed by atoms with Gasteiger partial charge >= 0.3 is 0 Å². The van der Waals surface area contributed by atoms with Crippen molar-refractivity contribution in [3.05, 3.63) is 12.7 Å². The second-order valence-electron chi connectivity index (χ2n) is 3.38. The van der Waals surface area contributed by atoms with E-state index in [1.54, 1.807) is 7.11 Å². The fraction of sp³-hybridized carbons (Fsp3) is 0.700. The third kappa shape index (κ3) is 2.84. The summed E-state index contributed by atoms with van der Waals surface area (Å²) in [7, 11) is 1.70. The molecule has 2 atom stereocenters. The van der Waals surface area contributed by atoms with Crippen LogP contribution in [0.5, 0.6) is 0 Å². The van der Waals surface area contributed by atoms with Crippen molar-refractivity contribution in [1.82, 2.24) is 5.32 Å². The Bertz CT molecular complexity index is 191. The zero-order valence-electron chi connectivity index (χ0n) is 8.08. The van der Waals surface area contributed by atoms with Crippen LogP contribution >= 0.6 is 0 Å². The molecule has 13 heavy (non-hydrogen) atoms. The number of nitrogens with one attached hydrogen (secondary N) is 1. The fourth-order valence-electron chi connectivity index (χ4n) is 1.79. The molecule has 3 nitrogen and oxygen atoms in total. The molecule has 0 aromatic heterocycles. The predicted molar refractivity (Wildman–Crippen MR) is 51.4 cm³/mol. The van der Waals surface area contributed by atoms with Crippen LogP contribution in [0.3, 0.4) is 0 Å². The van der Waals surface area contributed by atoms with Crippen LogP contribution in [0.4, 0.5) is 0 Å². The number of hydrogen-bond acceptors (Lipinski definition) is 2. The van der Waals surface area contributed by atoms with Gasteiger partial charge in [-0.3, -0.25) is 4.79 Å². The van der Waals surface area contributed by atoms with Gasteiger partial charge in [0.1, 0.15) is 0 Å². The molecular formula is C10H17NO2. The third-order valence-electron chi connectivity index (χ3n) is 2.52. The van der Waals surface area contributed by atoms with Crippen molar-refractivity contribution in [2.45, 2.75) is 37.8 Å². The molecule has 0 aliphatic heterocycles.